The van der Waals surface area contributed by atoms with E-state index in [0.717, 1.165) is 9.88 Å². The van der Waals surface area contributed by atoms with Crippen molar-refractivity contribution in [2.45, 2.75) is 40.0 Å². The molecule has 0 saturated carbocycles. The first-order valence-corrected chi connectivity index (χ1v) is 13.5. The molecule has 1 unspecified atom stereocenters. The quantitative estimate of drug-likeness (QED) is 0.237. The fraction of sp³-hybridized carbons (Fsp3) is 0.500. The molecule has 9 nitrogen and oxygen atoms in total. The summed E-state index contributed by atoms with van der Waals surface area (Å²) in [4.78, 5) is 35.5. The van der Waals surface area contributed by atoms with Gasteiger partial charge in [-0.15, -0.1) is 11.3 Å². The van der Waals surface area contributed by atoms with E-state index in [1.165, 1.54) is 9.13 Å². The molecule has 152 valence electrons. The molecule has 0 aliphatic heterocycles. The zero-order valence-corrected chi connectivity index (χ0v) is 19.7. The average molecular weight is 537 g/mol. The molecule has 3 aromatic heterocycles. The summed E-state index contributed by atoms with van der Waals surface area (Å²) in [6.45, 7) is 5.80. The van der Waals surface area contributed by atoms with Gasteiger partial charge >= 0.3 is 5.69 Å². The van der Waals surface area contributed by atoms with Gasteiger partial charge in [-0.25, -0.2) is 9.78 Å². The van der Waals surface area contributed by atoms with Crippen LogP contribution in [0.3, 0.4) is 0 Å². The predicted molar refractivity (Wildman–Crippen MR) is 119 cm³/mol. The zero-order valence-electron chi connectivity index (χ0n) is 15.8. The number of fused-ring (bicyclic) bond motifs is 1. The second-order valence-corrected chi connectivity index (χ2v) is 9.13. The van der Waals surface area contributed by atoms with E-state index in [4.69, 9.17) is 9.26 Å². The van der Waals surface area contributed by atoms with E-state index in [1.807, 2.05) is 13.8 Å². The van der Waals surface area contributed by atoms with Crippen molar-refractivity contribution in [1.29, 1.82) is 0 Å². The number of ether oxygens (including phenoxy) is 1. The van der Waals surface area contributed by atoms with Crippen LogP contribution in [0.25, 0.3) is 11.2 Å². The second-order valence-electron chi connectivity index (χ2n) is 6.04. The number of aryl methyl sites for hydroxylation is 3. The highest BCUT2D eigenvalue weighted by Gasteiger charge is 2.20. The zero-order chi connectivity index (χ0) is 20.3. The van der Waals surface area contributed by atoms with Crippen LogP contribution in [0.2, 0.25) is 0 Å². The van der Waals surface area contributed by atoms with Gasteiger partial charge < -0.3 is 9.26 Å². The smallest absolute Gasteiger partial charge is 0.332 e. The minimum atomic E-state index is -0.391. The number of hydrogen-bond acceptors (Lipinski definition) is 7. The van der Waals surface area contributed by atoms with E-state index in [0.29, 0.717) is 49.7 Å². The van der Waals surface area contributed by atoms with Crippen LogP contribution in [0.5, 0.6) is 6.01 Å². The van der Waals surface area contributed by atoms with Gasteiger partial charge in [-0.1, -0.05) is 0 Å². The third kappa shape index (κ3) is 4.32. The summed E-state index contributed by atoms with van der Waals surface area (Å²) in [5.41, 5.74) is -0.0587. The van der Waals surface area contributed by atoms with Crippen molar-refractivity contribution in [2.75, 3.05) is 6.61 Å². The van der Waals surface area contributed by atoms with E-state index < -0.39 is 5.69 Å². The van der Waals surface area contributed by atoms with Crippen LogP contribution in [0, 0.1) is 6.92 Å². The minimum absolute atomic E-state index is 0.262. The Morgan fingerprint density at radius 1 is 1.32 bits per heavy atom. The molecule has 0 saturated heterocycles. The van der Waals surface area contributed by atoms with Crippen LogP contribution in [-0.2, 0) is 31.3 Å². The van der Waals surface area contributed by atoms with E-state index in [2.05, 4.69) is 32.0 Å². The second kappa shape index (κ2) is 9.47. The van der Waals surface area contributed by atoms with Crippen molar-refractivity contribution in [1.82, 2.24) is 23.7 Å². The van der Waals surface area contributed by atoms with Gasteiger partial charge in [0.15, 0.2) is 11.2 Å². The molecule has 0 aliphatic rings. The number of thiazole rings is 1. The van der Waals surface area contributed by atoms with Gasteiger partial charge in [0.2, 0.25) is 0 Å². The summed E-state index contributed by atoms with van der Waals surface area (Å²) in [6.07, 6.45) is 2.38. The molecule has 12 heteroatoms. The largest absolute Gasteiger partial charge is 0.457 e. The number of rotatable bonds is 9. The lowest BCUT2D eigenvalue weighted by atomic mass is 10.4. The standard InChI is InChI=1S/C16H21IN5O4PS/c1-4-21-12-13(19-15(21)25-9-11-18-8-10(2)28-11)20(3)16(24)22(14(12)23)6-5-7-26-27-17/h8,27H,4-7,9H2,1-3H3. The van der Waals surface area contributed by atoms with Gasteiger partial charge in [0, 0.05) is 31.2 Å². The molecule has 28 heavy (non-hydrogen) atoms. The monoisotopic (exact) mass is 537 g/mol. The van der Waals surface area contributed by atoms with E-state index in [-0.39, 0.29) is 12.2 Å². The molecule has 0 spiro atoms. The highest BCUT2D eigenvalue weighted by Crippen LogP contribution is 2.22. The number of nitrogens with zero attached hydrogens (tertiary/aromatic N) is 5. The Morgan fingerprint density at radius 3 is 2.75 bits per heavy atom. The summed E-state index contributed by atoms with van der Waals surface area (Å²) in [5, 5.41) is 0.828. The van der Waals surface area contributed by atoms with E-state index in [9.17, 15) is 9.59 Å². The van der Waals surface area contributed by atoms with Gasteiger partial charge in [-0.05, 0) is 42.3 Å². The van der Waals surface area contributed by atoms with E-state index in [1.54, 1.807) is 29.1 Å². The Hall–Kier alpha value is -1.30. The Labute approximate surface area is 180 Å². The Bertz CT molecular complexity index is 1090. The molecule has 3 aromatic rings. The molecule has 3 rings (SSSR count). The van der Waals surface area contributed by atoms with Crippen LogP contribution in [0.15, 0.2) is 15.8 Å². The third-order valence-electron chi connectivity index (χ3n) is 4.19. The lowest BCUT2D eigenvalue weighted by Crippen LogP contribution is -2.39. The summed E-state index contributed by atoms with van der Waals surface area (Å²) >= 11 is 3.68. The molecule has 3 heterocycles. The maximum Gasteiger partial charge on any atom is 0.332 e. The lowest BCUT2D eigenvalue weighted by Gasteiger charge is -2.09. The lowest BCUT2D eigenvalue weighted by molar-refractivity contribution is 0.269. The average Bonchev–Trinajstić information content (AvgIpc) is 3.27. The van der Waals surface area contributed by atoms with Gasteiger partial charge in [-0.3, -0.25) is 18.5 Å². The number of imidazole rings is 1. The maximum absolute atomic E-state index is 13.0. The van der Waals surface area contributed by atoms with Crippen molar-refractivity contribution in [3.63, 3.8) is 0 Å². The molecule has 0 fully saturated rings. The molecule has 0 bridgehead atoms. The van der Waals surface area contributed by atoms with Crippen molar-refractivity contribution < 1.29 is 9.26 Å². The van der Waals surface area contributed by atoms with Crippen LogP contribution in [-0.4, -0.2) is 30.3 Å². The summed E-state index contributed by atoms with van der Waals surface area (Å²) in [6, 6.07) is 0.310. The molecule has 0 aromatic carbocycles. The van der Waals surface area contributed by atoms with Crippen molar-refractivity contribution in [2.24, 2.45) is 7.05 Å². The van der Waals surface area contributed by atoms with Crippen molar-refractivity contribution >= 4 is 51.0 Å². The van der Waals surface area contributed by atoms with Gasteiger partial charge in [-0.2, -0.15) is 4.98 Å². The first kappa shape index (κ1) is 21.4. The predicted octanol–water partition coefficient (Wildman–Crippen LogP) is 2.61. The van der Waals surface area contributed by atoms with Crippen molar-refractivity contribution in [3.8, 4) is 6.01 Å². The summed E-state index contributed by atoms with van der Waals surface area (Å²) < 4.78 is 15.5. The highest BCUT2D eigenvalue weighted by molar-refractivity contribution is 14.2. The first-order valence-electron chi connectivity index (χ1n) is 8.69. The van der Waals surface area contributed by atoms with Crippen molar-refractivity contribution in [3.05, 3.63) is 36.9 Å². The maximum atomic E-state index is 13.0. The van der Waals surface area contributed by atoms with E-state index >= 15 is 0 Å². The summed E-state index contributed by atoms with van der Waals surface area (Å²) in [7, 11) is 1.62. The minimum Gasteiger partial charge on any atom is -0.457 e. The Balaban J connectivity index is 1.98. The molecule has 0 N–H and O–H groups in total. The first-order chi connectivity index (χ1) is 13.5. The van der Waals surface area contributed by atoms with Gasteiger partial charge in [0.05, 0.1) is 13.1 Å². The van der Waals surface area contributed by atoms with Crippen LogP contribution in [0.1, 0.15) is 23.2 Å². The molecular weight excluding hydrogens is 516 g/mol. The molecule has 0 radical (unpaired) electrons. The van der Waals surface area contributed by atoms with Crippen LogP contribution < -0.4 is 16.0 Å². The van der Waals surface area contributed by atoms with Crippen LogP contribution in [0.4, 0.5) is 0 Å². The normalized spacial score (nSPS) is 11.9. The molecule has 0 aliphatic carbocycles. The molecular formula is C16H21IN5O4PS. The molecule has 1 atom stereocenters. The number of halogens is 1. The fourth-order valence-corrected chi connectivity index (χ4v) is 4.46. The topological polar surface area (TPSA) is 93.2 Å². The summed E-state index contributed by atoms with van der Waals surface area (Å²) in [5.74, 6) is 0. The Kier molecular flexibility index (Phi) is 7.24. The number of aromatic nitrogens is 5. The van der Waals surface area contributed by atoms with Crippen LogP contribution >= 0.6 is 39.8 Å². The SMILES string of the molecule is CCn1c(OCc2ncc(C)s2)nc2c1c(=O)n(CCCOPI)c(=O)n2C. The van der Waals surface area contributed by atoms with Gasteiger partial charge in [0.25, 0.3) is 11.6 Å². The number of hydrogen-bond donors (Lipinski definition) is 0. The fourth-order valence-electron chi connectivity index (χ4n) is 2.88. The van der Waals surface area contributed by atoms with Gasteiger partial charge in [0.1, 0.15) is 11.6 Å². The Morgan fingerprint density at radius 2 is 2.11 bits per heavy atom. The molecule has 0 amide bonds. The third-order valence-corrected chi connectivity index (χ3v) is 6.32. The highest BCUT2D eigenvalue weighted by atomic mass is 127.